The van der Waals surface area contributed by atoms with Gasteiger partial charge in [-0.1, -0.05) is 0 Å². The van der Waals surface area contributed by atoms with E-state index in [1.807, 2.05) is 0 Å². The molecule has 1 aliphatic heterocycles. The Morgan fingerprint density at radius 2 is 1.93 bits per heavy atom. The van der Waals surface area contributed by atoms with Crippen molar-refractivity contribution in [3.05, 3.63) is 53.6 Å². The van der Waals surface area contributed by atoms with E-state index in [1.54, 1.807) is 36.8 Å². The third-order valence-electron chi connectivity index (χ3n) is 6.02. The van der Waals surface area contributed by atoms with Crippen molar-refractivity contribution in [3.63, 3.8) is 0 Å². The number of carbonyl (C=O) groups excluding carboxylic acids is 2. The predicted molar refractivity (Wildman–Crippen MR) is 117 cm³/mol. The molecule has 7 heteroatoms. The van der Waals surface area contributed by atoms with Crippen molar-refractivity contribution in [2.75, 3.05) is 19.4 Å². The number of amides is 1. The van der Waals surface area contributed by atoms with Crippen molar-refractivity contribution < 1.29 is 9.59 Å². The van der Waals surface area contributed by atoms with E-state index in [0.29, 0.717) is 34.3 Å². The first-order chi connectivity index (χ1) is 14.4. The van der Waals surface area contributed by atoms with Gasteiger partial charge in [0.25, 0.3) is 5.91 Å². The van der Waals surface area contributed by atoms with Gasteiger partial charge in [0, 0.05) is 41.3 Å². The first-order valence-electron chi connectivity index (χ1n) is 10.3. The summed E-state index contributed by atoms with van der Waals surface area (Å²) in [5.41, 5.74) is 3.82. The number of Topliss-reactive ketones (excluding diaryl/α,β-unsaturated/α-hetero) is 1. The van der Waals surface area contributed by atoms with Crippen LogP contribution in [0.1, 0.15) is 54.2 Å². The lowest BCUT2D eigenvalue weighted by atomic mass is 9.90. The maximum atomic E-state index is 13.0. The zero-order chi connectivity index (χ0) is 21.3. The number of nitrogens with one attached hydrogen (secondary N) is 2. The second kappa shape index (κ2) is 8.36. The molecule has 156 valence electrons. The van der Waals surface area contributed by atoms with E-state index in [9.17, 15) is 9.59 Å². The minimum absolute atomic E-state index is 0.0347. The van der Waals surface area contributed by atoms with Gasteiger partial charge in [-0.3, -0.25) is 19.6 Å². The maximum Gasteiger partial charge on any atom is 0.258 e. The average molecular weight is 406 g/mol. The summed E-state index contributed by atoms with van der Waals surface area (Å²) >= 11 is 0. The van der Waals surface area contributed by atoms with Crippen molar-refractivity contribution >= 4 is 28.6 Å². The van der Waals surface area contributed by atoms with Gasteiger partial charge in [-0.25, -0.2) is 0 Å². The van der Waals surface area contributed by atoms with E-state index in [-0.39, 0.29) is 17.7 Å². The molecular weight excluding hydrogens is 378 g/mol. The van der Waals surface area contributed by atoms with Crippen LogP contribution in [0.2, 0.25) is 0 Å². The molecule has 0 saturated heterocycles. The Morgan fingerprint density at radius 1 is 1.17 bits per heavy atom. The largest absolute Gasteiger partial charge is 0.380 e. The molecule has 0 radical (unpaired) electrons. The highest BCUT2D eigenvalue weighted by Gasteiger charge is 2.31. The van der Waals surface area contributed by atoms with Crippen molar-refractivity contribution in [2.45, 2.75) is 44.7 Å². The number of hydrogen-bond donors (Lipinski definition) is 2. The van der Waals surface area contributed by atoms with Crippen LogP contribution in [0.4, 0.5) is 5.69 Å². The number of hydrogen-bond acceptors (Lipinski definition) is 6. The third-order valence-corrected chi connectivity index (χ3v) is 6.02. The van der Waals surface area contributed by atoms with Gasteiger partial charge in [-0.15, -0.1) is 0 Å². The summed E-state index contributed by atoms with van der Waals surface area (Å²) in [4.78, 5) is 35.8. The van der Waals surface area contributed by atoms with Gasteiger partial charge in [0.05, 0.1) is 17.5 Å². The molecule has 2 heterocycles. The number of fused-ring (bicyclic) bond motifs is 1. The second-order valence-electron chi connectivity index (χ2n) is 8.22. The van der Waals surface area contributed by atoms with E-state index in [1.165, 1.54) is 6.92 Å². The third kappa shape index (κ3) is 3.98. The maximum absolute atomic E-state index is 13.0. The molecule has 1 aromatic heterocycles. The Bertz CT molecular complexity index is 992. The first kappa shape index (κ1) is 20.2. The van der Waals surface area contributed by atoms with Crippen molar-refractivity contribution in [2.24, 2.45) is 0 Å². The summed E-state index contributed by atoms with van der Waals surface area (Å²) in [6.45, 7) is 1.53. The summed E-state index contributed by atoms with van der Waals surface area (Å²) in [5, 5.41) is 6.53. The number of ketones is 1. The molecule has 1 aromatic carbocycles. The fourth-order valence-electron chi connectivity index (χ4n) is 4.28. The van der Waals surface area contributed by atoms with E-state index >= 15 is 0 Å². The van der Waals surface area contributed by atoms with E-state index in [4.69, 9.17) is 0 Å². The lowest BCUT2D eigenvalue weighted by Gasteiger charge is -2.34. The smallest absolute Gasteiger partial charge is 0.258 e. The van der Waals surface area contributed by atoms with Gasteiger partial charge >= 0.3 is 0 Å². The molecular formula is C23H27N5O2. The van der Waals surface area contributed by atoms with Crippen LogP contribution in [-0.4, -0.2) is 52.7 Å². The van der Waals surface area contributed by atoms with Gasteiger partial charge in [-0.2, -0.15) is 0 Å². The standard InChI is InChI=1S/C23H27N5O2/c1-14(29)15-4-9-19-18(12-15)21(23(30)27-19)22(20-13-24-10-11-25-20)26-16-5-7-17(8-6-16)28(2)3/h4,9-13,16-17,26H,5-8H2,1-3H3,(H,27,30)/b22-21-. The van der Waals surface area contributed by atoms with Crippen molar-refractivity contribution in [1.82, 2.24) is 20.2 Å². The monoisotopic (exact) mass is 405 g/mol. The topological polar surface area (TPSA) is 87.2 Å². The fourth-order valence-corrected chi connectivity index (χ4v) is 4.28. The van der Waals surface area contributed by atoms with Crippen LogP contribution in [0.5, 0.6) is 0 Å². The van der Waals surface area contributed by atoms with Crippen molar-refractivity contribution in [3.8, 4) is 0 Å². The molecule has 1 fully saturated rings. The molecule has 1 aliphatic carbocycles. The van der Waals surface area contributed by atoms with Gasteiger partial charge in [0.1, 0.15) is 5.69 Å². The Kier molecular flexibility index (Phi) is 5.63. The highest BCUT2D eigenvalue weighted by atomic mass is 16.2. The van der Waals surface area contributed by atoms with Crippen LogP contribution in [0.25, 0.3) is 11.3 Å². The van der Waals surface area contributed by atoms with Crippen LogP contribution in [0, 0.1) is 0 Å². The SMILES string of the molecule is CC(=O)c1ccc2c(c1)/C(=C(/NC1CCC(N(C)C)CC1)c1cnccn1)C(=O)N2. The van der Waals surface area contributed by atoms with Crippen LogP contribution in [0.3, 0.4) is 0 Å². The summed E-state index contributed by atoms with van der Waals surface area (Å²) in [5.74, 6) is -0.228. The Morgan fingerprint density at radius 3 is 2.57 bits per heavy atom. The number of benzene rings is 1. The summed E-state index contributed by atoms with van der Waals surface area (Å²) in [6, 6.07) is 6.14. The molecule has 0 bridgehead atoms. The lowest BCUT2D eigenvalue weighted by Crippen LogP contribution is -2.39. The van der Waals surface area contributed by atoms with Crippen LogP contribution in [0.15, 0.2) is 36.8 Å². The molecule has 4 rings (SSSR count). The molecule has 2 N–H and O–H groups in total. The summed E-state index contributed by atoms with van der Waals surface area (Å²) < 4.78 is 0. The second-order valence-corrected chi connectivity index (χ2v) is 8.22. The fraction of sp³-hybridized carbons (Fsp3) is 0.391. The molecule has 7 nitrogen and oxygen atoms in total. The average Bonchev–Trinajstić information content (AvgIpc) is 3.07. The number of aromatic nitrogens is 2. The van der Waals surface area contributed by atoms with Crippen LogP contribution in [-0.2, 0) is 4.79 Å². The number of nitrogens with zero attached hydrogens (tertiary/aromatic N) is 3. The Balaban J connectivity index is 1.74. The highest BCUT2D eigenvalue weighted by Crippen LogP contribution is 2.37. The molecule has 1 amide bonds. The van der Waals surface area contributed by atoms with Gasteiger partial charge in [0.2, 0.25) is 0 Å². The number of anilines is 1. The minimum atomic E-state index is -0.194. The molecule has 0 spiro atoms. The predicted octanol–water partition coefficient (Wildman–Crippen LogP) is 2.96. The number of rotatable bonds is 5. The molecule has 0 atom stereocenters. The number of carbonyl (C=O) groups is 2. The molecule has 1 saturated carbocycles. The zero-order valence-corrected chi connectivity index (χ0v) is 17.6. The minimum Gasteiger partial charge on any atom is -0.380 e. The first-order valence-corrected chi connectivity index (χ1v) is 10.3. The normalized spacial score (nSPS) is 22.5. The quantitative estimate of drug-likeness (QED) is 0.587. The molecule has 2 aromatic rings. The van der Waals surface area contributed by atoms with E-state index in [2.05, 4.69) is 39.6 Å². The Labute approximate surface area is 176 Å². The van der Waals surface area contributed by atoms with Gasteiger partial charge in [0.15, 0.2) is 5.78 Å². The molecule has 0 unspecified atom stereocenters. The lowest BCUT2D eigenvalue weighted by molar-refractivity contribution is -0.110. The van der Waals surface area contributed by atoms with Crippen LogP contribution >= 0.6 is 0 Å². The Hall–Kier alpha value is -3.06. The zero-order valence-electron chi connectivity index (χ0n) is 17.6. The molecule has 2 aliphatic rings. The molecule has 30 heavy (non-hydrogen) atoms. The summed E-state index contributed by atoms with van der Waals surface area (Å²) in [7, 11) is 4.25. The van der Waals surface area contributed by atoms with Gasteiger partial charge in [-0.05, 0) is 64.9 Å². The highest BCUT2D eigenvalue weighted by molar-refractivity contribution is 6.36. The summed E-state index contributed by atoms with van der Waals surface area (Å²) in [6.07, 6.45) is 9.14. The van der Waals surface area contributed by atoms with Gasteiger partial charge < -0.3 is 15.5 Å². The van der Waals surface area contributed by atoms with Crippen LogP contribution < -0.4 is 10.6 Å². The van der Waals surface area contributed by atoms with E-state index < -0.39 is 0 Å². The van der Waals surface area contributed by atoms with E-state index in [0.717, 1.165) is 31.2 Å². The van der Waals surface area contributed by atoms with Crippen molar-refractivity contribution in [1.29, 1.82) is 0 Å².